The normalized spacial score (nSPS) is 10.3. The van der Waals surface area contributed by atoms with Gasteiger partial charge in [0.25, 0.3) is 0 Å². The molecule has 0 heterocycles. The maximum absolute atomic E-state index is 11.9. The number of nitrogens with one attached hydrogen (secondary N) is 2. The molecule has 0 saturated heterocycles. The van der Waals surface area contributed by atoms with Crippen molar-refractivity contribution in [2.45, 2.75) is 33.4 Å². The molecule has 0 fully saturated rings. The summed E-state index contributed by atoms with van der Waals surface area (Å²) < 4.78 is 5.56. The molecule has 0 spiro atoms. The molecule has 0 radical (unpaired) electrons. The number of anilines is 1. The van der Waals surface area contributed by atoms with E-state index in [4.69, 9.17) is 4.74 Å². The molecule has 2 rings (SSSR count). The van der Waals surface area contributed by atoms with E-state index >= 15 is 0 Å². The highest BCUT2D eigenvalue weighted by Gasteiger charge is 2.14. The number of rotatable bonds is 5. The average molecular weight is 326 g/mol. The molecule has 5 nitrogen and oxygen atoms in total. The Bertz CT molecular complexity index is 709. The van der Waals surface area contributed by atoms with Crippen LogP contribution in [0, 0.1) is 6.92 Å². The summed E-state index contributed by atoms with van der Waals surface area (Å²) in [5.41, 5.74) is 2.43. The van der Waals surface area contributed by atoms with E-state index in [-0.39, 0.29) is 12.6 Å². The number of aryl methyl sites for hydroxylation is 1. The first-order chi connectivity index (χ1) is 11.5. The van der Waals surface area contributed by atoms with Crippen LogP contribution < -0.4 is 15.4 Å². The molecule has 2 aromatic carbocycles. The number of para-hydroxylation sites is 1. The van der Waals surface area contributed by atoms with Crippen LogP contribution in [0.4, 0.5) is 5.69 Å². The van der Waals surface area contributed by atoms with E-state index in [2.05, 4.69) is 10.6 Å². The minimum Gasteiger partial charge on any atom is -0.491 e. The molecule has 0 atom stereocenters. The van der Waals surface area contributed by atoms with Crippen molar-refractivity contribution in [3.8, 4) is 5.75 Å². The van der Waals surface area contributed by atoms with Crippen LogP contribution in [0.5, 0.6) is 5.75 Å². The van der Waals surface area contributed by atoms with Crippen LogP contribution in [0.3, 0.4) is 0 Å². The summed E-state index contributed by atoms with van der Waals surface area (Å²) in [7, 11) is 0. The minimum atomic E-state index is -0.677. The summed E-state index contributed by atoms with van der Waals surface area (Å²) in [4.78, 5) is 23.8. The highest BCUT2D eigenvalue weighted by Crippen LogP contribution is 2.14. The molecule has 24 heavy (non-hydrogen) atoms. The SMILES string of the molecule is Cc1ccccc1NC(=O)C(=O)NCc1ccc(OC(C)C)cc1. The van der Waals surface area contributed by atoms with Gasteiger partial charge < -0.3 is 15.4 Å². The van der Waals surface area contributed by atoms with Gasteiger partial charge in [-0.3, -0.25) is 9.59 Å². The van der Waals surface area contributed by atoms with Gasteiger partial charge in [-0.1, -0.05) is 30.3 Å². The van der Waals surface area contributed by atoms with Gasteiger partial charge in [-0.25, -0.2) is 0 Å². The molecular formula is C19H22N2O3. The van der Waals surface area contributed by atoms with Gasteiger partial charge in [0, 0.05) is 12.2 Å². The van der Waals surface area contributed by atoms with E-state index in [1.54, 1.807) is 12.1 Å². The van der Waals surface area contributed by atoms with Gasteiger partial charge in [-0.15, -0.1) is 0 Å². The fraction of sp³-hybridized carbons (Fsp3) is 0.263. The van der Waals surface area contributed by atoms with Crippen LogP contribution in [-0.2, 0) is 16.1 Å². The number of hydrogen-bond donors (Lipinski definition) is 2. The van der Waals surface area contributed by atoms with Crippen molar-refractivity contribution in [3.63, 3.8) is 0 Å². The Morgan fingerprint density at radius 2 is 1.67 bits per heavy atom. The lowest BCUT2D eigenvalue weighted by molar-refractivity contribution is -0.136. The zero-order valence-corrected chi connectivity index (χ0v) is 14.1. The van der Waals surface area contributed by atoms with E-state index in [1.807, 2.05) is 57.2 Å². The van der Waals surface area contributed by atoms with Crippen LogP contribution in [0.1, 0.15) is 25.0 Å². The molecule has 0 aromatic heterocycles. The molecule has 2 aromatic rings. The summed E-state index contributed by atoms with van der Waals surface area (Å²) in [6, 6.07) is 14.7. The Morgan fingerprint density at radius 1 is 1.00 bits per heavy atom. The second-order valence-electron chi connectivity index (χ2n) is 5.76. The molecule has 5 heteroatoms. The van der Waals surface area contributed by atoms with Gasteiger partial charge in [-0.05, 0) is 50.1 Å². The Morgan fingerprint density at radius 3 is 2.29 bits per heavy atom. The van der Waals surface area contributed by atoms with Gasteiger partial charge >= 0.3 is 11.8 Å². The van der Waals surface area contributed by atoms with E-state index in [0.29, 0.717) is 5.69 Å². The predicted molar refractivity (Wildman–Crippen MR) is 93.9 cm³/mol. The molecule has 0 saturated carbocycles. The van der Waals surface area contributed by atoms with Crippen LogP contribution in [0.25, 0.3) is 0 Å². The van der Waals surface area contributed by atoms with E-state index < -0.39 is 11.8 Å². The molecule has 0 bridgehead atoms. The lowest BCUT2D eigenvalue weighted by Gasteiger charge is -2.11. The van der Waals surface area contributed by atoms with Crippen molar-refractivity contribution >= 4 is 17.5 Å². The molecule has 0 aliphatic carbocycles. The molecule has 0 aliphatic rings. The van der Waals surface area contributed by atoms with Gasteiger partial charge in [0.2, 0.25) is 0 Å². The number of hydrogen-bond acceptors (Lipinski definition) is 3. The van der Waals surface area contributed by atoms with Crippen molar-refractivity contribution in [1.82, 2.24) is 5.32 Å². The van der Waals surface area contributed by atoms with Gasteiger partial charge in [0.1, 0.15) is 5.75 Å². The van der Waals surface area contributed by atoms with Crippen LogP contribution in [0.2, 0.25) is 0 Å². The van der Waals surface area contributed by atoms with E-state index in [1.165, 1.54) is 0 Å². The zero-order valence-electron chi connectivity index (χ0n) is 14.1. The monoisotopic (exact) mass is 326 g/mol. The molecule has 2 amide bonds. The summed E-state index contributed by atoms with van der Waals surface area (Å²) in [5, 5.41) is 5.21. The van der Waals surface area contributed by atoms with Gasteiger partial charge in [-0.2, -0.15) is 0 Å². The van der Waals surface area contributed by atoms with Crippen molar-refractivity contribution in [2.75, 3.05) is 5.32 Å². The highest BCUT2D eigenvalue weighted by atomic mass is 16.5. The van der Waals surface area contributed by atoms with Crippen LogP contribution in [0.15, 0.2) is 48.5 Å². The highest BCUT2D eigenvalue weighted by molar-refractivity contribution is 6.39. The lowest BCUT2D eigenvalue weighted by atomic mass is 10.2. The number of carbonyl (C=O) groups excluding carboxylic acids is 2. The number of amides is 2. The largest absolute Gasteiger partial charge is 0.491 e. The first-order valence-corrected chi connectivity index (χ1v) is 7.86. The van der Waals surface area contributed by atoms with Gasteiger partial charge in [0.05, 0.1) is 6.10 Å². The smallest absolute Gasteiger partial charge is 0.313 e. The third-order valence-electron chi connectivity index (χ3n) is 3.35. The van der Waals surface area contributed by atoms with Crippen LogP contribution >= 0.6 is 0 Å². The quantitative estimate of drug-likeness (QED) is 0.830. The Balaban J connectivity index is 1.86. The fourth-order valence-corrected chi connectivity index (χ4v) is 2.11. The summed E-state index contributed by atoms with van der Waals surface area (Å²) in [6.45, 7) is 6.07. The van der Waals surface area contributed by atoms with Crippen molar-refractivity contribution in [1.29, 1.82) is 0 Å². The standard InChI is InChI=1S/C19H22N2O3/c1-13(2)24-16-10-8-15(9-11-16)12-20-18(22)19(23)21-17-7-5-4-6-14(17)3/h4-11,13H,12H2,1-3H3,(H,20,22)(H,21,23). The third-order valence-corrected chi connectivity index (χ3v) is 3.35. The molecule has 2 N–H and O–H groups in total. The van der Waals surface area contributed by atoms with E-state index in [9.17, 15) is 9.59 Å². The van der Waals surface area contributed by atoms with Crippen molar-refractivity contribution < 1.29 is 14.3 Å². The second kappa shape index (κ2) is 8.15. The number of benzene rings is 2. The Labute approximate surface area is 142 Å². The zero-order chi connectivity index (χ0) is 17.5. The molecule has 0 aliphatic heterocycles. The number of carbonyl (C=O) groups is 2. The maximum atomic E-state index is 11.9. The predicted octanol–water partition coefficient (Wildman–Crippen LogP) is 3.04. The first-order valence-electron chi connectivity index (χ1n) is 7.86. The molecular weight excluding hydrogens is 304 g/mol. The Hall–Kier alpha value is -2.82. The molecule has 126 valence electrons. The van der Waals surface area contributed by atoms with Crippen molar-refractivity contribution in [3.05, 3.63) is 59.7 Å². The molecule has 0 unspecified atom stereocenters. The van der Waals surface area contributed by atoms with Gasteiger partial charge in [0.15, 0.2) is 0 Å². The number of ether oxygens (including phenoxy) is 1. The second-order valence-corrected chi connectivity index (χ2v) is 5.76. The Kier molecular flexibility index (Phi) is 5.95. The van der Waals surface area contributed by atoms with E-state index in [0.717, 1.165) is 16.9 Å². The third kappa shape index (κ3) is 5.12. The topological polar surface area (TPSA) is 67.4 Å². The minimum absolute atomic E-state index is 0.112. The summed E-state index contributed by atoms with van der Waals surface area (Å²) in [5.74, 6) is -0.567. The fourth-order valence-electron chi connectivity index (χ4n) is 2.11. The summed E-state index contributed by atoms with van der Waals surface area (Å²) >= 11 is 0. The maximum Gasteiger partial charge on any atom is 0.313 e. The van der Waals surface area contributed by atoms with Crippen molar-refractivity contribution in [2.24, 2.45) is 0 Å². The first kappa shape index (κ1) is 17.5. The lowest BCUT2D eigenvalue weighted by Crippen LogP contribution is -2.35. The average Bonchev–Trinajstić information content (AvgIpc) is 2.55. The summed E-state index contributed by atoms with van der Waals surface area (Å²) in [6.07, 6.45) is 0.112. The van der Waals surface area contributed by atoms with Crippen LogP contribution in [-0.4, -0.2) is 17.9 Å².